The van der Waals surface area contributed by atoms with Crippen LogP contribution < -0.4 is 16.8 Å². The van der Waals surface area contributed by atoms with Gasteiger partial charge in [0.05, 0.1) is 12.2 Å². The smallest absolute Gasteiger partial charge is 0.223 e. The van der Waals surface area contributed by atoms with Crippen LogP contribution in [0.1, 0.15) is 11.5 Å². The van der Waals surface area contributed by atoms with Gasteiger partial charge >= 0.3 is 0 Å². The first kappa shape index (κ1) is 10.2. The van der Waals surface area contributed by atoms with Crippen LogP contribution in [0.3, 0.4) is 0 Å². The lowest BCUT2D eigenvalue weighted by molar-refractivity contribution is 0.384. The van der Waals surface area contributed by atoms with Crippen molar-refractivity contribution in [2.75, 3.05) is 16.8 Å². The molecular formula is C9H12N6O. The Bertz CT molecular complexity index is 474. The van der Waals surface area contributed by atoms with Crippen LogP contribution in [0.15, 0.2) is 16.7 Å². The van der Waals surface area contributed by atoms with Crippen molar-refractivity contribution in [3.05, 3.63) is 23.6 Å². The Balaban J connectivity index is 2.04. The summed E-state index contributed by atoms with van der Waals surface area (Å²) in [5.74, 6) is 1.73. The minimum atomic E-state index is 0.135. The highest BCUT2D eigenvalue weighted by Gasteiger charge is 2.02. The maximum atomic E-state index is 5.53. The van der Waals surface area contributed by atoms with Crippen molar-refractivity contribution in [1.82, 2.24) is 15.1 Å². The molecule has 2 rings (SSSR count). The molecule has 0 radical (unpaired) electrons. The van der Waals surface area contributed by atoms with E-state index in [2.05, 4.69) is 20.4 Å². The van der Waals surface area contributed by atoms with E-state index >= 15 is 0 Å². The Morgan fingerprint density at radius 3 is 2.75 bits per heavy atom. The molecule has 0 bridgehead atoms. The minimum absolute atomic E-state index is 0.135. The summed E-state index contributed by atoms with van der Waals surface area (Å²) in [6.45, 7) is 2.32. The van der Waals surface area contributed by atoms with Crippen LogP contribution in [0, 0.1) is 6.92 Å². The normalized spacial score (nSPS) is 10.3. The molecule has 7 nitrogen and oxygen atoms in total. The van der Waals surface area contributed by atoms with Gasteiger partial charge in [0.2, 0.25) is 5.95 Å². The molecule has 0 atom stereocenters. The number of nitrogens with two attached hydrogens (primary N) is 2. The number of aromatic nitrogens is 3. The van der Waals surface area contributed by atoms with Crippen LogP contribution in [-0.2, 0) is 6.54 Å². The summed E-state index contributed by atoms with van der Waals surface area (Å²) in [5, 5.41) is 6.78. The van der Waals surface area contributed by atoms with Crippen molar-refractivity contribution in [3.63, 3.8) is 0 Å². The van der Waals surface area contributed by atoms with E-state index in [4.69, 9.17) is 16.0 Å². The molecule has 0 spiro atoms. The van der Waals surface area contributed by atoms with Crippen molar-refractivity contribution in [1.29, 1.82) is 0 Å². The second-order valence-electron chi connectivity index (χ2n) is 3.32. The number of aryl methyl sites for hydroxylation is 1. The standard InChI is InChI=1S/C9H12N6O/c1-5-2-6(16-15-5)4-12-8-3-7(10)13-9(11)14-8/h2-3H,4H2,1H3,(H5,10,11,12,13,14). The van der Waals surface area contributed by atoms with E-state index < -0.39 is 0 Å². The predicted octanol–water partition coefficient (Wildman–Crippen LogP) is 0.550. The lowest BCUT2D eigenvalue weighted by Gasteiger charge is -2.04. The highest BCUT2D eigenvalue weighted by atomic mass is 16.5. The predicted molar refractivity (Wildman–Crippen MR) is 59.4 cm³/mol. The zero-order valence-electron chi connectivity index (χ0n) is 8.77. The first-order valence-corrected chi connectivity index (χ1v) is 4.69. The van der Waals surface area contributed by atoms with Crippen molar-refractivity contribution in [3.8, 4) is 0 Å². The average molecular weight is 220 g/mol. The first-order chi connectivity index (χ1) is 7.63. The lowest BCUT2D eigenvalue weighted by atomic mass is 10.4. The fraction of sp³-hybridized carbons (Fsp3) is 0.222. The third kappa shape index (κ3) is 2.38. The summed E-state index contributed by atoms with van der Waals surface area (Å²) < 4.78 is 5.03. The van der Waals surface area contributed by atoms with E-state index in [0.717, 1.165) is 5.69 Å². The largest absolute Gasteiger partial charge is 0.383 e. The molecule has 0 aliphatic rings. The molecule has 16 heavy (non-hydrogen) atoms. The lowest BCUT2D eigenvalue weighted by Crippen LogP contribution is -2.05. The Morgan fingerprint density at radius 1 is 1.31 bits per heavy atom. The third-order valence-corrected chi connectivity index (χ3v) is 1.88. The van der Waals surface area contributed by atoms with E-state index in [0.29, 0.717) is 23.9 Å². The fourth-order valence-corrected chi connectivity index (χ4v) is 1.25. The van der Waals surface area contributed by atoms with Crippen LogP contribution in [0.25, 0.3) is 0 Å². The van der Waals surface area contributed by atoms with Gasteiger partial charge in [0, 0.05) is 12.1 Å². The monoisotopic (exact) mass is 220 g/mol. The molecule has 0 aromatic carbocycles. The Labute approximate surface area is 91.9 Å². The van der Waals surface area contributed by atoms with E-state index in [-0.39, 0.29) is 5.95 Å². The maximum absolute atomic E-state index is 5.53. The number of nitrogen functional groups attached to an aromatic ring is 2. The molecule has 0 aliphatic carbocycles. The van der Waals surface area contributed by atoms with Crippen LogP contribution in [0.4, 0.5) is 17.6 Å². The highest BCUT2D eigenvalue weighted by Crippen LogP contribution is 2.11. The first-order valence-electron chi connectivity index (χ1n) is 4.69. The molecule has 0 saturated carbocycles. The third-order valence-electron chi connectivity index (χ3n) is 1.88. The molecule has 0 saturated heterocycles. The van der Waals surface area contributed by atoms with Gasteiger partial charge in [-0.25, -0.2) is 0 Å². The summed E-state index contributed by atoms with van der Waals surface area (Å²) in [4.78, 5) is 7.73. The zero-order valence-corrected chi connectivity index (χ0v) is 8.77. The molecule has 5 N–H and O–H groups in total. The second-order valence-corrected chi connectivity index (χ2v) is 3.32. The molecule has 2 heterocycles. The Kier molecular flexibility index (Phi) is 2.59. The molecular weight excluding hydrogens is 208 g/mol. The van der Waals surface area contributed by atoms with Gasteiger partial charge in [-0.3, -0.25) is 0 Å². The maximum Gasteiger partial charge on any atom is 0.223 e. The van der Waals surface area contributed by atoms with E-state index in [1.54, 1.807) is 6.07 Å². The van der Waals surface area contributed by atoms with Crippen molar-refractivity contribution < 1.29 is 4.52 Å². The minimum Gasteiger partial charge on any atom is -0.383 e. The topological polar surface area (TPSA) is 116 Å². The fourth-order valence-electron chi connectivity index (χ4n) is 1.25. The van der Waals surface area contributed by atoms with Crippen molar-refractivity contribution >= 4 is 17.6 Å². The van der Waals surface area contributed by atoms with Gasteiger partial charge in [-0.2, -0.15) is 9.97 Å². The van der Waals surface area contributed by atoms with Crippen molar-refractivity contribution in [2.24, 2.45) is 0 Å². The summed E-state index contributed by atoms with van der Waals surface area (Å²) in [5.41, 5.74) is 11.8. The molecule has 0 aliphatic heterocycles. The molecule has 0 amide bonds. The Morgan fingerprint density at radius 2 is 2.12 bits per heavy atom. The van der Waals surface area contributed by atoms with Gasteiger partial charge in [0.25, 0.3) is 0 Å². The van der Waals surface area contributed by atoms with E-state index in [9.17, 15) is 0 Å². The second kappa shape index (κ2) is 4.05. The van der Waals surface area contributed by atoms with Crippen LogP contribution >= 0.6 is 0 Å². The number of anilines is 3. The SMILES string of the molecule is Cc1cc(CNc2cc(N)nc(N)n2)on1. The van der Waals surface area contributed by atoms with E-state index in [1.807, 2.05) is 13.0 Å². The van der Waals surface area contributed by atoms with Gasteiger partial charge < -0.3 is 21.3 Å². The number of nitrogens with zero attached hydrogens (tertiary/aromatic N) is 3. The summed E-state index contributed by atoms with van der Waals surface area (Å²) in [7, 11) is 0. The van der Waals surface area contributed by atoms with Crippen molar-refractivity contribution in [2.45, 2.75) is 13.5 Å². The molecule has 7 heteroatoms. The number of nitrogens with one attached hydrogen (secondary N) is 1. The molecule has 2 aromatic heterocycles. The number of hydrogen-bond acceptors (Lipinski definition) is 7. The van der Waals surface area contributed by atoms with Gasteiger partial charge in [0.15, 0.2) is 5.76 Å². The quantitative estimate of drug-likeness (QED) is 0.691. The van der Waals surface area contributed by atoms with Gasteiger partial charge in [-0.15, -0.1) is 0 Å². The molecule has 2 aromatic rings. The molecule has 84 valence electrons. The number of hydrogen-bond donors (Lipinski definition) is 3. The van der Waals surface area contributed by atoms with E-state index in [1.165, 1.54) is 0 Å². The summed E-state index contributed by atoms with van der Waals surface area (Å²) in [6, 6.07) is 3.43. The van der Waals surface area contributed by atoms with Gasteiger partial charge in [-0.1, -0.05) is 5.16 Å². The van der Waals surface area contributed by atoms with Crippen LogP contribution in [0.5, 0.6) is 0 Å². The number of rotatable bonds is 3. The summed E-state index contributed by atoms with van der Waals surface area (Å²) in [6.07, 6.45) is 0. The zero-order chi connectivity index (χ0) is 11.5. The van der Waals surface area contributed by atoms with Gasteiger partial charge in [0.1, 0.15) is 11.6 Å². The molecule has 0 fully saturated rings. The average Bonchev–Trinajstić information content (AvgIpc) is 2.60. The highest BCUT2D eigenvalue weighted by molar-refractivity contribution is 5.48. The summed E-state index contributed by atoms with van der Waals surface area (Å²) >= 11 is 0. The van der Waals surface area contributed by atoms with Crippen LogP contribution in [0.2, 0.25) is 0 Å². The molecule has 0 unspecified atom stereocenters. The van der Waals surface area contributed by atoms with Crippen LogP contribution in [-0.4, -0.2) is 15.1 Å². The Hall–Kier alpha value is -2.31. The van der Waals surface area contributed by atoms with Gasteiger partial charge in [-0.05, 0) is 6.92 Å².